The lowest BCUT2D eigenvalue weighted by Crippen LogP contribution is -2.11. The molecule has 1 aromatic heterocycles. The molecule has 0 amide bonds. The van der Waals surface area contributed by atoms with Crippen molar-refractivity contribution in [3.05, 3.63) is 65.8 Å². The molecular weight excluding hydrogens is 353 g/mol. The van der Waals surface area contributed by atoms with Crippen LogP contribution in [0.2, 0.25) is 0 Å². The molecule has 0 radical (unpaired) electrons. The van der Waals surface area contributed by atoms with Crippen LogP contribution in [-0.4, -0.2) is 13.7 Å². The molecule has 26 heavy (non-hydrogen) atoms. The summed E-state index contributed by atoms with van der Waals surface area (Å²) < 4.78 is 39.3. The van der Waals surface area contributed by atoms with Gasteiger partial charge in [-0.3, -0.25) is 0 Å². The maximum Gasteiger partial charge on any atom is 0.200 e. The number of halogens is 1. The van der Waals surface area contributed by atoms with Gasteiger partial charge in [-0.1, -0.05) is 45.0 Å². The highest BCUT2D eigenvalue weighted by atomic mass is 32.2. The molecule has 3 rings (SSSR count). The van der Waals surface area contributed by atoms with Gasteiger partial charge in [0.1, 0.15) is 11.5 Å². The van der Waals surface area contributed by atoms with Gasteiger partial charge in [-0.15, -0.1) is 0 Å². The van der Waals surface area contributed by atoms with E-state index in [1.54, 1.807) is 24.3 Å². The Labute approximate surface area is 154 Å². The number of benzene rings is 2. The van der Waals surface area contributed by atoms with Gasteiger partial charge in [0.25, 0.3) is 0 Å². The Bertz CT molecular complexity index is 925. The standard InChI is InChI=1S/C20H20FNO3S/c1-20(2,3)19-22-17(14-8-10-16(21)11-9-14)18(25-19)15-6-4-13(5-7-15)12-26(23)24/h4-11H,12H2,1-3H3,(H,23,24). The lowest BCUT2D eigenvalue weighted by atomic mass is 9.97. The zero-order valence-electron chi connectivity index (χ0n) is 14.8. The Balaban J connectivity index is 2.08. The molecule has 0 aliphatic carbocycles. The summed E-state index contributed by atoms with van der Waals surface area (Å²) in [7, 11) is 0. The summed E-state index contributed by atoms with van der Waals surface area (Å²) in [6, 6.07) is 13.4. The van der Waals surface area contributed by atoms with Crippen LogP contribution in [0.25, 0.3) is 22.6 Å². The van der Waals surface area contributed by atoms with Crippen LogP contribution >= 0.6 is 0 Å². The van der Waals surface area contributed by atoms with Gasteiger partial charge in [0.2, 0.25) is 5.89 Å². The summed E-state index contributed by atoms with van der Waals surface area (Å²) in [5, 5.41) is 0. The Morgan fingerprint density at radius 3 is 2.15 bits per heavy atom. The number of aromatic nitrogens is 1. The SMILES string of the molecule is CC(C)(C)c1nc(-c2ccc(F)cc2)c(-c2ccc(CS(=O)O)cc2)o1. The van der Waals surface area contributed by atoms with E-state index >= 15 is 0 Å². The predicted molar refractivity (Wildman–Crippen MR) is 101 cm³/mol. The second kappa shape index (κ2) is 7.13. The number of oxazole rings is 1. The fourth-order valence-electron chi connectivity index (χ4n) is 2.53. The third kappa shape index (κ3) is 4.08. The molecule has 0 saturated heterocycles. The minimum absolute atomic E-state index is 0.0781. The third-order valence-electron chi connectivity index (χ3n) is 3.89. The Morgan fingerprint density at radius 2 is 1.62 bits per heavy atom. The molecule has 0 aliphatic rings. The molecule has 0 bridgehead atoms. The predicted octanol–water partition coefficient (Wildman–Crippen LogP) is 5.17. The van der Waals surface area contributed by atoms with Gasteiger partial charge < -0.3 is 8.97 Å². The molecule has 3 aromatic rings. The monoisotopic (exact) mass is 373 g/mol. The first kappa shape index (κ1) is 18.5. The van der Waals surface area contributed by atoms with E-state index < -0.39 is 11.1 Å². The summed E-state index contributed by atoms with van der Waals surface area (Å²) in [4.78, 5) is 4.65. The highest BCUT2D eigenvalue weighted by molar-refractivity contribution is 7.78. The first-order chi connectivity index (χ1) is 12.2. The van der Waals surface area contributed by atoms with Crippen LogP contribution in [0, 0.1) is 5.82 Å². The van der Waals surface area contributed by atoms with E-state index in [9.17, 15) is 8.60 Å². The molecule has 0 spiro atoms. The van der Waals surface area contributed by atoms with Crippen molar-refractivity contribution in [1.82, 2.24) is 4.98 Å². The zero-order chi connectivity index (χ0) is 18.9. The van der Waals surface area contributed by atoms with Crippen LogP contribution in [0.3, 0.4) is 0 Å². The molecule has 1 unspecified atom stereocenters. The van der Waals surface area contributed by atoms with E-state index in [0.29, 0.717) is 17.3 Å². The minimum Gasteiger partial charge on any atom is -0.439 e. The average molecular weight is 373 g/mol. The summed E-state index contributed by atoms with van der Waals surface area (Å²) >= 11 is -1.88. The molecule has 0 aliphatic heterocycles. The van der Waals surface area contributed by atoms with Crippen LogP contribution in [0.4, 0.5) is 4.39 Å². The molecule has 6 heteroatoms. The van der Waals surface area contributed by atoms with E-state index in [0.717, 1.165) is 16.7 Å². The van der Waals surface area contributed by atoms with Crippen LogP contribution in [0.15, 0.2) is 52.9 Å². The smallest absolute Gasteiger partial charge is 0.200 e. The van der Waals surface area contributed by atoms with Crippen molar-refractivity contribution < 1.29 is 17.6 Å². The van der Waals surface area contributed by atoms with Gasteiger partial charge in [0.15, 0.2) is 16.8 Å². The quantitative estimate of drug-likeness (QED) is 0.641. The Hall–Kier alpha value is -2.31. The number of hydrogen-bond donors (Lipinski definition) is 1. The van der Waals surface area contributed by atoms with Crippen LogP contribution in [0.1, 0.15) is 32.2 Å². The van der Waals surface area contributed by atoms with E-state index in [4.69, 9.17) is 8.97 Å². The van der Waals surface area contributed by atoms with Gasteiger partial charge in [-0.2, -0.15) is 0 Å². The van der Waals surface area contributed by atoms with Crippen molar-refractivity contribution in [3.8, 4) is 22.6 Å². The first-order valence-electron chi connectivity index (χ1n) is 8.18. The highest BCUT2D eigenvalue weighted by Gasteiger charge is 2.25. The summed E-state index contributed by atoms with van der Waals surface area (Å²) in [6.07, 6.45) is 0. The van der Waals surface area contributed by atoms with Crippen molar-refractivity contribution in [1.29, 1.82) is 0 Å². The summed E-state index contributed by atoms with van der Waals surface area (Å²) in [5.74, 6) is 0.955. The van der Waals surface area contributed by atoms with Crippen molar-refractivity contribution in [2.45, 2.75) is 31.9 Å². The minimum atomic E-state index is -1.88. The Kier molecular flexibility index (Phi) is 5.07. The highest BCUT2D eigenvalue weighted by Crippen LogP contribution is 2.36. The van der Waals surface area contributed by atoms with Crippen LogP contribution in [-0.2, 0) is 22.2 Å². The second-order valence-electron chi connectivity index (χ2n) is 7.12. The van der Waals surface area contributed by atoms with Crippen LogP contribution < -0.4 is 0 Å². The number of nitrogens with zero attached hydrogens (tertiary/aromatic N) is 1. The van der Waals surface area contributed by atoms with Crippen molar-refractivity contribution in [2.75, 3.05) is 0 Å². The zero-order valence-corrected chi connectivity index (χ0v) is 15.6. The lowest BCUT2D eigenvalue weighted by molar-refractivity contribution is 0.399. The normalized spacial score (nSPS) is 13.0. The number of rotatable bonds is 4. The molecule has 1 atom stereocenters. The molecule has 1 N–H and O–H groups in total. The molecular formula is C20H20FNO3S. The Morgan fingerprint density at radius 1 is 1.04 bits per heavy atom. The fourth-order valence-corrected chi connectivity index (χ4v) is 3.01. The second-order valence-corrected chi connectivity index (χ2v) is 8.05. The van der Waals surface area contributed by atoms with E-state index in [2.05, 4.69) is 4.98 Å². The summed E-state index contributed by atoms with van der Waals surface area (Å²) in [6.45, 7) is 6.03. The lowest BCUT2D eigenvalue weighted by Gasteiger charge is -2.12. The van der Waals surface area contributed by atoms with Gasteiger partial charge in [-0.05, 0) is 29.8 Å². The molecule has 2 aromatic carbocycles. The van der Waals surface area contributed by atoms with E-state index in [-0.39, 0.29) is 17.0 Å². The molecule has 0 saturated carbocycles. The van der Waals surface area contributed by atoms with E-state index in [1.807, 2.05) is 32.9 Å². The molecule has 1 heterocycles. The van der Waals surface area contributed by atoms with Gasteiger partial charge in [-0.25, -0.2) is 13.6 Å². The maximum atomic E-state index is 13.3. The van der Waals surface area contributed by atoms with Gasteiger partial charge in [0, 0.05) is 16.5 Å². The van der Waals surface area contributed by atoms with E-state index in [1.165, 1.54) is 12.1 Å². The van der Waals surface area contributed by atoms with Crippen molar-refractivity contribution >= 4 is 11.1 Å². The topological polar surface area (TPSA) is 63.3 Å². The number of hydrogen-bond acceptors (Lipinski definition) is 3. The largest absolute Gasteiger partial charge is 0.439 e. The van der Waals surface area contributed by atoms with Crippen molar-refractivity contribution in [3.63, 3.8) is 0 Å². The van der Waals surface area contributed by atoms with Crippen molar-refractivity contribution in [2.24, 2.45) is 0 Å². The van der Waals surface area contributed by atoms with Gasteiger partial charge >= 0.3 is 0 Å². The average Bonchev–Trinajstić information content (AvgIpc) is 3.01. The maximum absolute atomic E-state index is 13.3. The first-order valence-corrected chi connectivity index (χ1v) is 9.45. The fraction of sp³-hybridized carbons (Fsp3) is 0.250. The van der Waals surface area contributed by atoms with Crippen LogP contribution in [0.5, 0.6) is 0 Å². The molecule has 4 nitrogen and oxygen atoms in total. The molecule has 136 valence electrons. The summed E-state index contributed by atoms with van der Waals surface area (Å²) in [5.41, 5.74) is 2.70. The molecule has 0 fully saturated rings. The third-order valence-corrected chi connectivity index (χ3v) is 4.47. The van der Waals surface area contributed by atoms with Gasteiger partial charge in [0.05, 0.1) is 5.75 Å².